The summed E-state index contributed by atoms with van der Waals surface area (Å²) in [7, 11) is 0. The molecule has 0 unspecified atom stereocenters. The summed E-state index contributed by atoms with van der Waals surface area (Å²) < 4.78 is 0. The lowest BCUT2D eigenvalue weighted by Crippen LogP contribution is -2.15. The molecule has 70 valence electrons. The van der Waals surface area contributed by atoms with Gasteiger partial charge >= 0.3 is 0 Å². The van der Waals surface area contributed by atoms with Gasteiger partial charge < -0.3 is 11.5 Å². The van der Waals surface area contributed by atoms with Crippen molar-refractivity contribution in [2.24, 2.45) is 11.5 Å². The van der Waals surface area contributed by atoms with E-state index in [9.17, 15) is 4.79 Å². The molecule has 0 aliphatic rings. The van der Waals surface area contributed by atoms with Crippen LogP contribution in [-0.4, -0.2) is 5.91 Å². The fourth-order valence-corrected chi connectivity index (χ4v) is 1.47. The number of carbonyl (C=O) groups is 1. The highest BCUT2D eigenvalue weighted by molar-refractivity contribution is 5.94. The normalized spacial score (nSPS) is 10.0. The van der Waals surface area contributed by atoms with E-state index in [4.69, 9.17) is 11.5 Å². The van der Waals surface area contributed by atoms with Gasteiger partial charge in [-0.1, -0.05) is 19.1 Å². The standard InChI is InChI=1S/C10H14N2O/c1-2-8-7(6-11)4-3-5-9(8)10(12)13/h3-5H,2,6,11H2,1H3,(H2,12,13). The Morgan fingerprint density at radius 2 is 2.15 bits per heavy atom. The molecule has 0 spiro atoms. The molecule has 0 aliphatic heterocycles. The smallest absolute Gasteiger partial charge is 0.248 e. The van der Waals surface area contributed by atoms with E-state index in [1.54, 1.807) is 12.1 Å². The third-order valence-corrected chi connectivity index (χ3v) is 2.11. The second-order valence-corrected chi connectivity index (χ2v) is 2.87. The molecule has 0 aromatic heterocycles. The Hall–Kier alpha value is -1.35. The quantitative estimate of drug-likeness (QED) is 0.719. The summed E-state index contributed by atoms with van der Waals surface area (Å²) in [6.45, 7) is 2.44. The maximum Gasteiger partial charge on any atom is 0.248 e. The van der Waals surface area contributed by atoms with Crippen LogP contribution in [0.5, 0.6) is 0 Å². The van der Waals surface area contributed by atoms with Crippen LogP contribution in [0, 0.1) is 0 Å². The summed E-state index contributed by atoms with van der Waals surface area (Å²) in [5.74, 6) is -0.382. The fraction of sp³-hybridized carbons (Fsp3) is 0.300. The van der Waals surface area contributed by atoms with E-state index in [0.29, 0.717) is 12.1 Å². The molecule has 3 nitrogen and oxygen atoms in total. The highest BCUT2D eigenvalue weighted by atomic mass is 16.1. The molecular weight excluding hydrogens is 164 g/mol. The van der Waals surface area contributed by atoms with E-state index >= 15 is 0 Å². The summed E-state index contributed by atoms with van der Waals surface area (Å²) >= 11 is 0. The van der Waals surface area contributed by atoms with E-state index in [-0.39, 0.29) is 5.91 Å². The number of primary amides is 1. The number of carbonyl (C=O) groups excluding carboxylic acids is 1. The van der Waals surface area contributed by atoms with E-state index in [2.05, 4.69) is 0 Å². The van der Waals surface area contributed by atoms with Gasteiger partial charge in [0.2, 0.25) is 5.91 Å². The molecule has 1 rings (SSSR count). The molecule has 0 heterocycles. The summed E-state index contributed by atoms with van der Waals surface area (Å²) in [5, 5.41) is 0. The lowest BCUT2D eigenvalue weighted by molar-refractivity contribution is 0.0999. The highest BCUT2D eigenvalue weighted by Crippen LogP contribution is 2.14. The summed E-state index contributed by atoms with van der Waals surface area (Å²) in [5.41, 5.74) is 13.3. The van der Waals surface area contributed by atoms with Gasteiger partial charge in [0.05, 0.1) is 0 Å². The predicted octanol–water partition coefficient (Wildman–Crippen LogP) is 0.807. The lowest BCUT2D eigenvalue weighted by atomic mass is 9.98. The number of amides is 1. The molecule has 0 atom stereocenters. The summed E-state index contributed by atoms with van der Waals surface area (Å²) in [6.07, 6.45) is 0.783. The first-order valence-corrected chi connectivity index (χ1v) is 4.31. The van der Waals surface area contributed by atoms with Crippen LogP contribution in [0.1, 0.15) is 28.4 Å². The van der Waals surface area contributed by atoms with Gasteiger partial charge in [-0.3, -0.25) is 4.79 Å². The van der Waals surface area contributed by atoms with Crippen molar-refractivity contribution < 1.29 is 4.79 Å². The van der Waals surface area contributed by atoms with E-state index < -0.39 is 0 Å². The van der Waals surface area contributed by atoms with Gasteiger partial charge in [-0.25, -0.2) is 0 Å². The van der Waals surface area contributed by atoms with Crippen molar-refractivity contribution in [3.05, 3.63) is 34.9 Å². The molecule has 0 bridgehead atoms. The average Bonchev–Trinajstić information content (AvgIpc) is 2.16. The maximum atomic E-state index is 11.0. The SMILES string of the molecule is CCc1c(CN)cccc1C(N)=O. The van der Waals surface area contributed by atoms with Crippen LogP contribution in [0.25, 0.3) is 0 Å². The van der Waals surface area contributed by atoms with Crippen LogP contribution in [0.3, 0.4) is 0 Å². The second kappa shape index (κ2) is 4.05. The number of benzene rings is 1. The van der Waals surface area contributed by atoms with Crippen LogP contribution in [0.15, 0.2) is 18.2 Å². The van der Waals surface area contributed by atoms with Gasteiger partial charge in [0, 0.05) is 12.1 Å². The van der Waals surface area contributed by atoms with Crippen molar-refractivity contribution in [3.8, 4) is 0 Å². The van der Waals surface area contributed by atoms with Gasteiger partial charge in [0.25, 0.3) is 0 Å². The first-order valence-electron chi connectivity index (χ1n) is 4.31. The Balaban J connectivity index is 3.27. The Morgan fingerprint density at radius 1 is 1.46 bits per heavy atom. The van der Waals surface area contributed by atoms with Crippen LogP contribution in [0.2, 0.25) is 0 Å². The van der Waals surface area contributed by atoms with Crippen LogP contribution >= 0.6 is 0 Å². The molecule has 1 aromatic carbocycles. The van der Waals surface area contributed by atoms with E-state index in [0.717, 1.165) is 17.5 Å². The molecule has 4 N–H and O–H groups in total. The minimum absolute atomic E-state index is 0.382. The Bertz CT molecular complexity index is 321. The Labute approximate surface area is 77.7 Å². The van der Waals surface area contributed by atoms with Crippen molar-refractivity contribution in [1.82, 2.24) is 0 Å². The molecular formula is C10H14N2O. The Kier molecular flexibility index (Phi) is 3.03. The monoisotopic (exact) mass is 178 g/mol. The van der Waals surface area contributed by atoms with Crippen molar-refractivity contribution in [3.63, 3.8) is 0 Å². The first kappa shape index (κ1) is 9.74. The van der Waals surface area contributed by atoms with Crippen LogP contribution < -0.4 is 11.5 Å². The zero-order valence-corrected chi connectivity index (χ0v) is 7.71. The van der Waals surface area contributed by atoms with Gasteiger partial charge in [-0.05, 0) is 23.6 Å². The molecule has 1 aromatic rings. The third-order valence-electron chi connectivity index (χ3n) is 2.11. The zero-order valence-electron chi connectivity index (χ0n) is 7.71. The molecule has 0 saturated heterocycles. The number of nitrogens with two attached hydrogens (primary N) is 2. The van der Waals surface area contributed by atoms with Gasteiger partial charge in [-0.15, -0.1) is 0 Å². The molecule has 1 amide bonds. The second-order valence-electron chi connectivity index (χ2n) is 2.87. The molecule has 0 radical (unpaired) electrons. The summed E-state index contributed by atoms with van der Waals surface area (Å²) in [6, 6.07) is 5.47. The number of hydrogen-bond acceptors (Lipinski definition) is 2. The molecule has 3 heteroatoms. The highest BCUT2D eigenvalue weighted by Gasteiger charge is 2.08. The number of rotatable bonds is 3. The lowest BCUT2D eigenvalue weighted by Gasteiger charge is -2.08. The van der Waals surface area contributed by atoms with Gasteiger partial charge in [-0.2, -0.15) is 0 Å². The van der Waals surface area contributed by atoms with Gasteiger partial charge in [0.1, 0.15) is 0 Å². The fourth-order valence-electron chi connectivity index (χ4n) is 1.47. The van der Waals surface area contributed by atoms with Crippen molar-refractivity contribution in [1.29, 1.82) is 0 Å². The van der Waals surface area contributed by atoms with Crippen molar-refractivity contribution >= 4 is 5.91 Å². The zero-order chi connectivity index (χ0) is 9.84. The van der Waals surface area contributed by atoms with Gasteiger partial charge in [0.15, 0.2) is 0 Å². The van der Waals surface area contributed by atoms with Crippen LogP contribution in [-0.2, 0) is 13.0 Å². The van der Waals surface area contributed by atoms with Crippen molar-refractivity contribution in [2.45, 2.75) is 19.9 Å². The first-order chi connectivity index (χ1) is 6.20. The van der Waals surface area contributed by atoms with E-state index in [1.165, 1.54) is 0 Å². The predicted molar refractivity (Wildman–Crippen MR) is 52.2 cm³/mol. The van der Waals surface area contributed by atoms with Crippen molar-refractivity contribution in [2.75, 3.05) is 0 Å². The topological polar surface area (TPSA) is 69.1 Å². The summed E-state index contributed by atoms with van der Waals surface area (Å²) in [4.78, 5) is 11.0. The molecule has 13 heavy (non-hydrogen) atoms. The minimum Gasteiger partial charge on any atom is -0.366 e. The number of hydrogen-bond donors (Lipinski definition) is 2. The third kappa shape index (κ3) is 1.87. The Morgan fingerprint density at radius 3 is 2.62 bits per heavy atom. The maximum absolute atomic E-state index is 11.0. The molecule has 0 saturated carbocycles. The minimum atomic E-state index is -0.382. The molecule has 0 aliphatic carbocycles. The molecule has 0 fully saturated rings. The average molecular weight is 178 g/mol. The van der Waals surface area contributed by atoms with Crippen LogP contribution in [0.4, 0.5) is 0 Å². The largest absolute Gasteiger partial charge is 0.366 e. The van der Waals surface area contributed by atoms with E-state index in [1.807, 2.05) is 13.0 Å².